The molecular formula is C16H24Cl2N4. The Balaban J connectivity index is 1.78. The van der Waals surface area contributed by atoms with Crippen LogP contribution in [-0.2, 0) is 6.54 Å². The van der Waals surface area contributed by atoms with Crippen LogP contribution in [0, 0.1) is 5.92 Å². The van der Waals surface area contributed by atoms with Crippen molar-refractivity contribution in [1.82, 2.24) is 15.5 Å². The molecule has 1 fully saturated rings. The van der Waals surface area contributed by atoms with Crippen molar-refractivity contribution >= 4 is 29.2 Å². The first-order valence-electron chi connectivity index (χ1n) is 7.73. The minimum atomic E-state index is 0.626. The average Bonchev–Trinajstić information content (AvgIpc) is 2.97. The lowest BCUT2D eigenvalue weighted by molar-refractivity contribution is 0.342. The van der Waals surface area contributed by atoms with Crippen molar-refractivity contribution in [3.63, 3.8) is 0 Å². The molecule has 1 aliphatic rings. The number of nitrogens with one attached hydrogen (secondary N) is 2. The van der Waals surface area contributed by atoms with Crippen LogP contribution in [0.4, 0.5) is 0 Å². The number of halogens is 2. The second kappa shape index (κ2) is 8.61. The predicted molar refractivity (Wildman–Crippen MR) is 94.9 cm³/mol. The van der Waals surface area contributed by atoms with Crippen molar-refractivity contribution in [3.8, 4) is 0 Å². The summed E-state index contributed by atoms with van der Waals surface area (Å²) in [6, 6.07) is 5.54. The molecule has 0 aliphatic carbocycles. The Hall–Kier alpha value is -0.970. The van der Waals surface area contributed by atoms with Crippen LogP contribution in [0.1, 0.15) is 18.9 Å². The van der Waals surface area contributed by atoms with E-state index in [-0.39, 0.29) is 0 Å². The third kappa shape index (κ3) is 5.04. The van der Waals surface area contributed by atoms with Gasteiger partial charge in [-0.25, -0.2) is 0 Å². The number of nitrogens with zero attached hydrogens (tertiary/aromatic N) is 2. The molecule has 1 aliphatic heterocycles. The quantitative estimate of drug-likeness (QED) is 0.638. The van der Waals surface area contributed by atoms with E-state index in [1.165, 1.54) is 19.5 Å². The van der Waals surface area contributed by atoms with Crippen LogP contribution in [0.25, 0.3) is 0 Å². The summed E-state index contributed by atoms with van der Waals surface area (Å²) in [7, 11) is 1.78. The number of hydrogen-bond acceptors (Lipinski definition) is 2. The molecule has 1 heterocycles. The zero-order valence-electron chi connectivity index (χ0n) is 13.2. The van der Waals surface area contributed by atoms with E-state index in [1.807, 2.05) is 12.1 Å². The van der Waals surface area contributed by atoms with Crippen molar-refractivity contribution in [2.24, 2.45) is 10.9 Å². The van der Waals surface area contributed by atoms with E-state index >= 15 is 0 Å². The molecular weight excluding hydrogens is 319 g/mol. The van der Waals surface area contributed by atoms with Gasteiger partial charge in [-0.2, -0.15) is 0 Å². The summed E-state index contributed by atoms with van der Waals surface area (Å²) >= 11 is 12.1. The van der Waals surface area contributed by atoms with Crippen LogP contribution in [-0.4, -0.2) is 44.1 Å². The van der Waals surface area contributed by atoms with Gasteiger partial charge in [0.25, 0.3) is 0 Å². The van der Waals surface area contributed by atoms with Crippen molar-refractivity contribution < 1.29 is 0 Å². The Morgan fingerprint density at radius 3 is 2.82 bits per heavy atom. The van der Waals surface area contributed by atoms with Gasteiger partial charge in [0.1, 0.15) is 0 Å². The number of benzene rings is 1. The predicted octanol–water partition coefficient (Wildman–Crippen LogP) is 3.00. The monoisotopic (exact) mass is 342 g/mol. The first kappa shape index (κ1) is 17.4. The van der Waals surface area contributed by atoms with Crippen LogP contribution in [0.3, 0.4) is 0 Å². The Morgan fingerprint density at radius 2 is 2.18 bits per heavy atom. The first-order valence-corrected chi connectivity index (χ1v) is 8.48. The molecule has 1 saturated heterocycles. The second-order valence-corrected chi connectivity index (χ2v) is 6.43. The molecule has 1 aromatic carbocycles. The van der Waals surface area contributed by atoms with E-state index < -0.39 is 0 Å². The first-order chi connectivity index (χ1) is 10.6. The number of likely N-dealkylation sites (tertiary alicyclic amines) is 1. The molecule has 1 unspecified atom stereocenters. The minimum absolute atomic E-state index is 0.626. The van der Waals surface area contributed by atoms with Crippen molar-refractivity contribution in [3.05, 3.63) is 33.8 Å². The lowest BCUT2D eigenvalue weighted by Crippen LogP contribution is -2.40. The Kier molecular flexibility index (Phi) is 6.80. The van der Waals surface area contributed by atoms with Gasteiger partial charge >= 0.3 is 0 Å². The van der Waals surface area contributed by atoms with Gasteiger partial charge < -0.3 is 15.5 Å². The number of hydrogen-bond donors (Lipinski definition) is 2. The van der Waals surface area contributed by atoms with Crippen molar-refractivity contribution in [1.29, 1.82) is 0 Å². The van der Waals surface area contributed by atoms with E-state index in [0.29, 0.717) is 22.5 Å². The molecule has 1 aromatic rings. The van der Waals surface area contributed by atoms with E-state index in [2.05, 4.69) is 27.4 Å². The summed E-state index contributed by atoms with van der Waals surface area (Å²) in [4.78, 5) is 6.74. The highest BCUT2D eigenvalue weighted by Gasteiger charge is 2.20. The van der Waals surface area contributed by atoms with Gasteiger partial charge in [0, 0.05) is 36.7 Å². The number of rotatable bonds is 5. The Bertz CT molecular complexity index is 519. The smallest absolute Gasteiger partial charge is 0.191 e. The molecule has 0 radical (unpaired) electrons. The molecule has 0 saturated carbocycles. The fourth-order valence-electron chi connectivity index (χ4n) is 2.67. The van der Waals surface area contributed by atoms with Crippen molar-refractivity contribution in [2.45, 2.75) is 19.9 Å². The summed E-state index contributed by atoms with van der Waals surface area (Å²) < 4.78 is 0. The summed E-state index contributed by atoms with van der Waals surface area (Å²) in [6.45, 7) is 7.30. The van der Waals surface area contributed by atoms with E-state index in [0.717, 1.165) is 24.6 Å². The maximum Gasteiger partial charge on any atom is 0.191 e. The van der Waals surface area contributed by atoms with E-state index in [1.54, 1.807) is 13.1 Å². The zero-order chi connectivity index (χ0) is 15.9. The molecule has 122 valence electrons. The number of guanidine groups is 1. The van der Waals surface area contributed by atoms with Crippen LogP contribution >= 0.6 is 23.2 Å². The van der Waals surface area contributed by atoms with E-state index in [9.17, 15) is 0 Å². The summed E-state index contributed by atoms with van der Waals surface area (Å²) in [5.74, 6) is 1.50. The van der Waals surface area contributed by atoms with Crippen LogP contribution in [0.2, 0.25) is 10.0 Å². The van der Waals surface area contributed by atoms with Gasteiger partial charge in [-0.15, -0.1) is 0 Å². The average molecular weight is 343 g/mol. The largest absolute Gasteiger partial charge is 0.356 e. The molecule has 2 N–H and O–H groups in total. The van der Waals surface area contributed by atoms with Crippen LogP contribution in [0.15, 0.2) is 23.2 Å². The van der Waals surface area contributed by atoms with Crippen LogP contribution in [0.5, 0.6) is 0 Å². The second-order valence-electron chi connectivity index (χ2n) is 5.59. The third-order valence-electron chi connectivity index (χ3n) is 4.06. The third-order valence-corrected chi connectivity index (χ3v) is 4.65. The molecule has 0 spiro atoms. The lowest BCUT2D eigenvalue weighted by atomic mass is 10.1. The maximum atomic E-state index is 6.18. The van der Waals surface area contributed by atoms with E-state index in [4.69, 9.17) is 23.2 Å². The fraction of sp³-hybridized carbons (Fsp3) is 0.562. The van der Waals surface area contributed by atoms with Gasteiger partial charge in [0.05, 0.1) is 0 Å². The number of aliphatic imine (C=N–C) groups is 1. The lowest BCUT2D eigenvalue weighted by Gasteiger charge is -2.16. The normalized spacial score (nSPS) is 19.5. The SMILES string of the molecule is CCN1CCC(CNC(=NC)NCc2ccc(Cl)cc2Cl)C1. The zero-order valence-corrected chi connectivity index (χ0v) is 14.7. The molecule has 6 heteroatoms. The standard InChI is InChI=1S/C16H24Cl2N4/c1-3-22-7-6-12(11-22)9-20-16(19-2)21-10-13-4-5-14(17)8-15(13)18/h4-5,8,12H,3,6-7,9-11H2,1-2H3,(H2,19,20,21). The molecule has 2 rings (SSSR count). The van der Waals surface area contributed by atoms with Crippen molar-refractivity contribution in [2.75, 3.05) is 33.2 Å². The van der Waals surface area contributed by atoms with Gasteiger partial charge in [0.15, 0.2) is 5.96 Å². The van der Waals surface area contributed by atoms with Gasteiger partial charge in [-0.05, 0) is 43.1 Å². The maximum absolute atomic E-state index is 6.18. The minimum Gasteiger partial charge on any atom is -0.356 e. The fourth-order valence-corrected chi connectivity index (χ4v) is 3.15. The molecule has 1 atom stereocenters. The van der Waals surface area contributed by atoms with Gasteiger partial charge in [-0.1, -0.05) is 36.2 Å². The Labute approximate surface area is 142 Å². The molecule has 22 heavy (non-hydrogen) atoms. The molecule has 4 nitrogen and oxygen atoms in total. The highest BCUT2D eigenvalue weighted by atomic mass is 35.5. The molecule has 0 bridgehead atoms. The Morgan fingerprint density at radius 1 is 1.36 bits per heavy atom. The summed E-state index contributed by atoms with van der Waals surface area (Å²) in [5.41, 5.74) is 1.01. The van der Waals surface area contributed by atoms with Crippen LogP contribution < -0.4 is 10.6 Å². The van der Waals surface area contributed by atoms with Gasteiger partial charge in [-0.3, -0.25) is 4.99 Å². The topological polar surface area (TPSA) is 39.7 Å². The highest BCUT2D eigenvalue weighted by Crippen LogP contribution is 2.20. The summed E-state index contributed by atoms with van der Waals surface area (Å²) in [6.07, 6.45) is 1.25. The summed E-state index contributed by atoms with van der Waals surface area (Å²) in [5, 5.41) is 8.02. The van der Waals surface area contributed by atoms with Gasteiger partial charge in [0.2, 0.25) is 0 Å². The molecule has 0 amide bonds. The molecule has 0 aromatic heterocycles. The highest BCUT2D eigenvalue weighted by molar-refractivity contribution is 6.35.